The van der Waals surface area contributed by atoms with E-state index in [4.69, 9.17) is 5.73 Å². The number of nitrogens with zero attached hydrogens (tertiary/aromatic N) is 1. The first-order valence-electron chi connectivity index (χ1n) is 5.16. The molecule has 2 bridgehead atoms. The molecule has 2 N–H and O–H groups in total. The van der Waals surface area contributed by atoms with Crippen LogP contribution in [-0.2, 0) is 0 Å². The highest BCUT2D eigenvalue weighted by molar-refractivity contribution is 4.95. The highest BCUT2D eigenvalue weighted by Crippen LogP contribution is 2.38. The van der Waals surface area contributed by atoms with Crippen LogP contribution in [0.2, 0.25) is 0 Å². The van der Waals surface area contributed by atoms with E-state index in [0.29, 0.717) is 6.04 Å². The number of hydrogen-bond donors (Lipinski definition) is 1. The lowest BCUT2D eigenvalue weighted by molar-refractivity contribution is 0.124. The number of nitrogens with two attached hydrogens (primary N) is 1. The van der Waals surface area contributed by atoms with Gasteiger partial charge in [-0.3, -0.25) is 0 Å². The van der Waals surface area contributed by atoms with E-state index in [9.17, 15) is 0 Å². The first-order valence-corrected chi connectivity index (χ1v) is 5.16. The Hall–Kier alpha value is -0.0800. The molecule has 0 spiro atoms. The van der Waals surface area contributed by atoms with Crippen molar-refractivity contribution in [2.24, 2.45) is 11.7 Å². The molecule has 2 aliphatic rings. The molecule has 2 unspecified atom stereocenters. The second-order valence-corrected chi connectivity index (χ2v) is 4.64. The molecule has 2 heterocycles. The molecular weight excluding hydrogens is 148 g/mol. The average Bonchev–Trinajstić information content (AvgIpc) is 2.30. The Bertz CT molecular complexity index is 153. The summed E-state index contributed by atoms with van der Waals surface area (Å²) in [5.74, 6) is 0.790. The molecule has 0 amide bonds. The number of hydrogen-bond acceptors (Lipinski definition) is 2. The van der Waals surface area contributed by atoms with E-state index in [-0.39, 0.29) is 0 Å². The Labute approximate surface area is 75.1 Å². The predicted octanol–water partition coefficient (Wildman–Crippen LogP) is 1.21. The van der Waals surface area contributed by atoms with Gasteiger partial charge in [0, 0.05) is 18.1 Å². The van der Waals surface area contributed by atoms with Crippen molar-refractivity contribution >= 4 is 0 Å². The third kappa shape index (κ3) is 1.27. The second kappa shape index (κ2) is 3.00. The molecule has 0 aromatic carbocycles. The zero-order valence-corrected chi connectivity index (χ0v) is 8.16. The van der Waals surface area contributed by atoms with Crippen molar-refractivity contribution in [3.05, 3.63) is 0 Å². The van der Waals surface area contributed by atoms with Crippen molar-refractivity contribution in [2.45, 2.75) is 50.7 Å². The maximum absolute atomic E-state index is 5.95. The van der Waals surface area contributed by atoms with E-state index in [2.05, 4.69) is 18.9 Å². The van der Waals surface area contributed by atoms with Gasteiger partial charge in [0.25, 0.3) is 0 Å². The van der Waals surface area contributed by atoms with E-state index in [1.807, 2.05) is 0 Å². The van der Waals surface area contributed by atoms with Crippen LogP contribution in [0.1, 0.15) is 32.6 Å². The largest absolute Gasteiger partial charge is 0.328 e. The van der Waals surface area contributed by atoms with Crippen LogP contribution < -0.4 is 5.73 Å². The van der Waals surface area contributed by atoms with Crippen molar-refractivity contribution in [1.29, 1.82) is 0 Å². The summed E-state index contributed by atoms with van der Waals surface area (Å²) in [6.45, 7) is 2.16. The summed E-state index contributed by atoms with van der Waals surface area (Å²) in [5.41, 5.74) is 5.95. The molecule has 2 heteroatoms. The Morgan fingerprint density at radius 2 is 1.75 bits per heavy atom. The minimum Gasteiger partial charge on any atom is -0.328 e. The monoisotopic (exact) mass is 168 g/mol. The summed E-state index contributed by atoms with van der Waals surface area (Å²) in [7, 11) is 2.28. The fourth-order valence-corrected chi connectivity index (χ4v) is 2.88. The molecule has 70 valence electrons. The lowest BCUT2D eigenvalue weighted by Crippen LogP contribution is -2.44. The minimum absolute atomic E-state index is 0.404. The summed E-state index contributed by atoms with van der Waals surface area (Å²) >= 11 is 0. The van der Waals surface area contributed by atoms with Crippen LogP contribution in [0.25, 0.3) is 0 Å². The van der Waals surface area contributed by atoms with Crippen molar-refractivity contribution < 1.29 is 0 Å². The van der Waals surface area contributed by atoms with Crippen LogP contribution in [0.4, 0.5) is 0 Å². The molecule has 2 fully saturated rings. The molecule has 0 aromatic rings. The maximum atomic E-state index is 5.95. The highest BCUT2D eigenvalue weighted by atomic mass is 15.2. The van der Waals surface area contributed by atoms with Gasteiger partial charge in [0.1, 0.15) is 0 Å². The van der Waals surface area contributed by atoms with Crippen molar-refractivity contribution in [2.75, 3.05) is 7.05 Å². The Morgan fingerprint density at radius 3 is 2.17 bits per heavy atom. The normalized spacial score (nSPS) is 44.8. The molecule has 2 rings (SSSR count). The molecule has 0 radical (unpaired) electrons. The van der Waals surface area contributed by atoms with Crippen LogP contribution in [0.15, 0.2) is 0 Å². The van der Waals surface area contributed by atoms with Gasteiger partial charge in [-0.05, 0) is 45.6 Å². The molecule has 12 heavy (non-hydrogen) atoms. The lowest BCUT2D eigenvalue weighted by atomic mass is 9.86. The van der Waals surface area contributed by atoms with Gasteiger partial charge in [-0.15, -0.1) is 0 Å². The maximum Gasteiger partial charge on any atom is 0.00989 e. The van der Waals surface area contributed by atoms with Crippen molar-refractivity contribution in [3.8, 4) is 0 Å². The molecular formula is C10H20N2. The van der Waals surface area contributed by atoms with Gasteiger partial charge in [-0.2, -0.15) is 0 Å². The number of fused-ring (bicyclic) bond motifs is 2. The third-order valence-electron chi connectivity index (χ3n) is 3.88. The average molecular weight is 168 g/mol. The molecule has 0 aromatic heterocycles. The SMILES string of the molecule is C[C@@H](N)C1CC2CCC(C1)N2C. The van der Waals surface area contributed by atoms with Crippen molar-refractivity contribution in [1.82, 2.24) is 4.90 Å². The number of piperidine rings is 1. The zero-order chi connectivity index (χ0) is 8.72. The number of rotatable bonds is 1. The van der Waals surface area contributed by atoms with E-state index >= 15 is 0 Å². The summed E-state index contributed by atoms with van der Waals surface area (Å²) in [4.78, 5) is 2.57. The molecule has 0 saturated carbocycles. The van der Waals surface area contributed by atoms with Gasteiger partial charge in [-0.25, -0.2) is 0 Å². The van der Waals surface area contributed by atoms with E-state index in [0.717, 1.165) is 18.0 Å². The Kier molecular flexibility index (Phi) is 2.13. The van der Waals surface area contributed by atoms with Gasteiger partial charge in [-0.1, -0.05) is 0 Å². The van der Waals surface area contributed by atoms with Gasteiger partial charge in [0.05, 0.1) is 0 Å². The summed E-state index contributed by atoms with van der Waals surface area (Å²) in [6, 6.07) is 2.10. The van der Waals surface area contributed by atoms with Gasteiger partial charge >= 0.3 is 0 Å². The summed E-state index contributed by atoms with van der Waals surface area (Å²) < 4.78 is 0. The Balaban J connectivity index is 2.02. The molecule has 2 aliphatic heterocycles. The van der Waals surface area contributed by atoms with E-state index < -0.39 is 0 Å². The molecule has 0 aliphatic carbocycles. The highest BCUT2D eigenvalue weighted by Gasteiger charge is 2.39. The molecule has 2 nitrogen and oxygen atoms in total. The van der Waals surface area contributed by atoms with Crippen LogP contribution in [0.3, 0.4) is 0 Å². The third-order valence-corrected chi connectivity index (χ3v) is 3.88. The van der Waals surface area contributed by atoms with Crippen LogP contribution in [0.5, 0.6) is 0 Å². The first-order chi connectivity index (χ1) is 5.68. The topological polar surface area (TPSA) is 29.3 Å². The minimum atomic E-state index is 0.404. The van der Waals surface area contributed by atoms with E-state index in [1.54, 1.807) is 0 Å². The standard InChI is InChI=1S/C10H20N2/c1-7(11)8-5-9-3-4-10(6-8)12(9)2/h7-10H,3-6,11H2,1-2H3/t7-,8?,9?,10?/m1/s1. The first kappa shape index (κ1) is 8.52. The van der Waals surface area contributed by atoms with Crippen molar-refractivity contribution in [3.63, 3.8) is 0 Å². The van der Waals surface area contributed by atoms with Crippen LogP contribution in [-0.4, -0.2) is 30.1 Å². The van der Waals surface area contributed by atoms with E-state index in [1.165, 1.54) is 25.7 Å². The van der Waals surface area contributed by atoms with Gasteiger partial charge < -0.3 is 10.6 Å². The van der Waals surface area contributed by atoms with Crippen LogP contribution >= 0.6 is 0 Å². The molecule has 3 atom stereocenters. The van der Waals surface area contributed by atoms with Crippen LogP contribution in [0, 0.1) is 5.92 Å². The predicted molar refractivity (Wildman–Crippen MR) is 50.9 cm³/mol. The Morgan fingerprint density at radius 1 is 1.25 bits per heavy atom. The zero-order valence-electron chi connectivity index (χ0n) is 8.16. The second-order valence-electron chi connectivity index (χ2n) is 4.64. The molecule has 2 saturated heterocycles. The fourth-order valence-electron chi connectivity index (χ4n) is 2.88. The van der Waals surface area contributed by atoms with Gasteiger partial charge in [0.15, 0.2) is 0 Å². The lowest BCUT2D eigenvalue weighted by Gasteiger charge is -2.37. The fraction of sp³-hybridized carbons (Fsp3) is 1.00. The smallest absolute Gasteiger partial charge is 0.00989 e. The summed E-state index contributed by atoms with van der Waals surface area (Å²) in [6.07, 6.45) is 5.49. The van der Waals surface area contributed by atoms with Gasteiger partial charge in [0.2, 0.25) is 0 Å². The summed E-state index contributed by atoms with van der Waals surface area (Å²) in [5, 5.41) is 0. The quantitative estimate of drug-likeness (QED) is 0.637.